The Balaban J connectivity index is 1.50. The molecule has 0 aliphatic rings. The summed E-state index contributed by atoms with van der Waals surface area (Å²) in [5.74, 6) is -2.61. The molecule has 0 radical (unpaired) electrons. The summed E-state index contributed by atoms with van der Waals surface area (Å²) in [5.41, 5.74) is 1.54. The Morgan fingerprint density at radius 2 is 1.41 bits per heavy atom. The molecule has 0 aliphatic heterocycles. The third kappa shape index (κ3) is 5.21. The lowest BCUT2D eigenvalue weighted by atomic mass is 10.0. The smallest absolute Gasteiger partial charge is 0.347 e. The van der Waals surface area contributed by atoms with E-state index in [4.69, 9.17) is 4.74 Å². The van der Waals surface area contributed by atoms with Crippen molar-refractivity contribution in [1.82, 2.24) is 0 Å². The van der Waals surface area contributed by atoms with Gasteiger partial charge >= 0.3 is 5.97 Å². The zero-order valence-corrected chi connectivity index (χ0v) is 17.6. The van der Waals surface area contributed by atoms with Crippen molar-refractivity contribution in [2.75, 3.05) is 0 Å². The SMILES string of the molecule is O=C(Oc1ccc(/C=C/c2cc(O)cc(O)c2)cc1)c1cc(-c2ccc(F)cc2F)ccc1O. The van der Waals surface area contributed by atoms with Crippen LogP contribution < -0.4 is 4.74 Å². The highest BCUT2D eigenvalue weighted by Gasteiger charge is 2.16. The minimum Gasteiger partial charge on any atom is -0.508 e. The largest absolute Gasteiger partial charge is 0.508 e. The molecular weight excluding hydrogens is 442 g/mol. The van der Waals surface area contributed by atoms with E-state index >= 15 is 0 Å². The Bertz CT molecular complexity index is 1370. The number of phenolic OH excluding ortho intramolecular Hbond substituents is 3. The Morgan fingerprint density at radius 3 is 2.09 bits per heavy atom. The third-order valence-corrected chi connectivity index (χ3v) is 4.94. The first-order chi connectivity index (χ1) is 16.3. The lowest BCUT2D eigenvalue weighted by molar-refractivity contribution is 0.0731. The van der Waals surface area contributed by atoms with Gasteiger partial charge < -0.3 is 20.1 Å². The number of aromatic hydroxyl groups is 3. The Morgan fingerprint density at radius 1 is 0.735 bits per heavy atom. The quantitative estimate of drug-likeness (QED) is 0.189. The van der Waals surface area contributed by atoms with Crippen LogP contribution in [0.5, 0.6) is 23.0 Å². The lowest BCUT2D eigenvalue weighted by Gasteiger charge is -2.09. The van der Waals surface area contributed by atoms with Crippen LogP contribution in [-0.4, -0.2) is 21.3 Å². The van der Waals surface area contributed by atoms with Gasteiger partial charge in [0.25, 0.3) is 0 Å². The standard InChI is InChI=1S/C27H18F2O5/c28-19-6-9-23(25(29)14-19)18-5-10-26(32)24(13-18)27(33)34-22-7-3-16(4-8-22)1-2-17-11-20(30)15-21(31)12-17/h1-15,30-32H/b2-1+. The van der Waals surface area contributed by atoms with Crippen LogP contribution >= 0.6 is 0 Å². The van der Waals surface area contributed by atoms with E-state index in [0.29, 0.717) is 5.56 Å². The highest BCUT2D eigenvalue weighted by molar-refractivity contribution is 5.95. The number of carbonyl (C=O) groups excluding carboxylic acids is 1. The van der Waals surface area contributed by atoms with Crippen molar-refractivity contribution in [3.05, 3.63) is 107 Å². The number of ether oxygens (including phenoxy) is 1. The normalized spacial score (nSPS) is 11.0. The number of rotatable bonds is 5. The highest BCUT2D eigenvalue weighted by Crippen LogP contribution is 2.29. The second kappa shape index (κ2) is 9.46. The monoisotopic (exact) mass is 460 g/mol. The molecule has 0 unspecified atom stereocenters. The number of esters is 1. The third-order valence-electron chi connectivity index (χ3n) is 4.94. The first-order valence-corrected chi connectivity index (χ1v) is 10.1. The number of hydrogen-bond donors (Lipinski definition) is 3. The van der Waals surface area contributed by atoms with E-state index in [1.54, 1.807) is 36.4 Å². The zero-order valence-electron chi connectivity index (χ0n) is 17.6. The van der Waals surface area contributed by atoms with Crippen LogP contribution in [-0.2, 0) is 0 Å². The van der Waals surface area contributed by atoms with Crippen LogP contribution in [0, 0.1) is 11.6 Å². The van der Waals surface area contributed by atoms with E-state index in [9.17, 15) is 28.9 Å². The molecule has 0 amide bonds. The molecule has 0 heterocycles. The maximum atomic E-state index is 14.1. The fourth-order valence-corrected chi connectivity index (χ4v) is 3.31. The molecule has 34 heavy (non-hydrogen) atoms. The first kappa shape index (κ1) is 22.5. The fraction of sp³-hybridized carbons (Fsp3) is 0. The Labute approximate surface area is 193 Å². The number of carbonyl (C=O) groups is 1. The number of hydrogen-bond acceptors (Lipinski definition) is 5. The molecule has 5 nitrogen and oxygen atoms in total. The molecule has 7 heteroatoms. The van der Waals surface area contributed by atoms with Gasteiger partial charge in [-0.1, -0.05) is 30.4 Å². The van der Waals surface area contributed by atoms with E-state index in [2.05, 4.69) is 0 Å². The summed E-state index contributed by atoms with van der Waals surface area (Å²) in [7, 11) is 0. The Kier molecular flexibility index (Phi) is 6.27. The van der Waals surface area contributed by atoms with E-state index in [-0.39, 0.29) is 39.7 Å². The van der Waals surface area contributed by atoms with Gasteiger partial charge in [-0.2, -0.15) is 0 Å². The van der Waals surface area contributed by atoms with Gasteiger partial charge in [0, 0.05) is 17.7 Å². The molecule has 0 atom stereocenters. The predicted octanol–water partition coefficient (Wildman–Crippen LogP) is 6.14. The molecule has 0 saturated heterocycles. The van der Waals surface area contributed by atoms with Crippen molar-refractivity contribution in [2.45, 2.75) is 0 Å². The molecule has 0 aromatic heterocycles. The van der Waals surface area contributed by atoms with E-state index < -0.39 is 17.6 Å². The van der Waals surface area contributed by atoms with Crippen molar-refractivity contribution in [3.8, 4) is 34.1 Å². The van der Waals surface area contributed by atoms with Crippen LogP contribution in [0.3, 0.4) is 0 Å². The van der Waals surface area contributed by atoms with Gasteiger partial charge in [0.2, 0.25) is 0 Å². The van der Waals surface area contributed by atoms with Gasteiger partial charge in [0.1, 0.15) is 40.2 Å². The molecule has 4 rings (SSSR count). The summed E-state index contributed by atoms with van der Waals surface area (Å²) in [4.78, 5) is 12.6. The second-order valence-corrected chi connectivity index (χ2v) is 7.43. The average molecular weight is 460 g/mol. The van der Waals surface area contributed by atoms with Gasteiger partial charge in [-0.25, -0.2) is 13.6 Å². The number of phenols is 3. The summed E-state index contributed by atoms with van der Waals surface area (Å²) in [6.07, 6.45) is 3.44. The van der Waals surface area contributed by atoms with Crippen LogP contribution in [0.4, 0.5) is 8.78 Å². The van der Waals surface area contributed by atoms with Crippen LogP contribution in [0.2, 0.25) is 0 Å². The van der Waals surface area contributed by atoms with Crippen LogP contribution in [0.25, 0.3) is 23.3 Å². The van der Waals surface area contributed by atoms with Crippen molar-refractivity contribution in [2.24, 2.45) is 0 Å². The van der Waals surface area contributed by atoms with Gasteiger partial charge in [-0.3, -0.25) is 0 Å². The molecule has 0 spiro atoms. The summed E-state index contributed by atoms with van der Waals surface area (Å²) in [6.45, 7) is 0. The molecule has 0 saturated carbocycles. The molecule has 3 N–H and O–H groups in total. The van der Waals surface area contributed by atoms with Crippen molar-refractivity contribution < 1.29 is 33.6 Å². The zero-order chi connectivity index (χ0) is 24.2. The Hall–Kier alpha value is -4.65. The summed E-state index contributed by atoms with van der Waals surface area (Å²) in [5, 5.41) is 29.2. The maximum Gasteiger partial charge on any atom is 0.347 e. The lowest BCUT2D eigenvalue weighted by Crippen LogP contribution is -2.09. The molecule has 0 fully saturated rings. The van der Waals surface area contributed by atoms with Gasteiger partial charge in [0.05, 0.1) is 0 Å². The molecule has 170 valence electrons. The van der Waals surface area contributed by atoms with Gasteiger partial charge in [-0.05, 0) is 65.2 Å². The van der Waals surface area contributed by atoms with Gasteiger partial charge in [0.15, 0.2) is 0 Å². The van der Waals surface area contributed by atoms with E-state index in [1.807, 2.05) is 0 Å². The second-order valence-electron chi connectivity index (χ2n) is 7.43. The van der Waals surface area contributed by atoms with Crippen LogP contribution in [0.15, 0.2) is 78.9 Å². The minimum absolute atomic E-state index is 0.0589. The molecule has 4 aromatic carbocycles. The van der Waals surface area contributed by atoms with E-state index in [0.717, 1.165) is 17.7 Å². The summed E-state index contributed by atoms with van der Waals surface area (Å²) < 4.78 is 32.6. The van der Waals surface area contributed by atoms with E-state index in [1.165, 1.54) is 42.5 Å². The van der Waals surface area contributed by atoms with Gasteiger partial charge in [-0.15, -0.1) is 0 Å². The average Bonchev–Trinajstić information content (AvgIpc) is 2.78. The van der Waals surface area contributed by atoms with Crippen LogP contribution in [0.1, 0.15) is 21.5 Å². The minimum atomic E-state index is -0.847. The first-order valence-electron chi connectivity index (χ1n) is 10.1. The topological polar surface area (TPSA) is 87.0 Å². The predicted molar refractivity (Wildman–Crippen MR) is 124 cm³/mol. The van der Waals surface area contributed by atoms with Crippen molar-refractivity contribution in [3.63, 3.8) is 0 Å². The molecule has 0 bridgehead atoms. The van der Waals surface area contributed by atoms with Crippen molar-refractivity contribution in [1.29, 1.82) is 0 Å². The fourth-order valence-electron chi connectivity index (χ4n) is 3.31. The number of benzene rings is 4. The number of halogens is 2. The molecular formula is C27H18F2O5. The molecule has 4 aromatic rings. The van der Waals surface area contributed by atoms with Crippen molar-refractivity contribution >= 4 is 18.1 Å². The maximum absolute atomic E-state index is 14.1. The molecule has 0 aliphatic carbocycles. The summed E-state index contributed by atoms with van der Waals surface area (Å²) in [6, 6.07) is 17.7. The summed E-state index contributed by atoms with van der Waals surface area (Å²) >= 11 is 0. The highest BCUT2D eigenvalue weighted by atomic mass is 19.1.